The molecule has 3 heterocycles. The number of carbonyl (C=O) groups is 1. The number of likely N-dealkylation sites (N-methyl/N-ethyl adjacent to an activating group) is 1. The van der Waals surface area contributed by atoms with Gasteiger partial charge >= 0.3 is 0 Å². The molecule has 10 heteroatoms. The molecule has 1 aromatic heterocycles. The van der Waals surface area contributed by atoms with Crippen LogP contribution < -0.4 is 15.0 Å². The van der Waals surface area contributed by atoms with E-state index in [-0.39, 0.29) is 10.9 Å². The van der Waals surface area contributed by atoms with Crippen molar-refractivity contribution in [1.82, 2.24) is 19.8 Å². The van der Waals surface area contributed by atoms with Crippen molar-refractivity contribution in [2.45, 2.75) is 0 Å². The highest BCUT2D eigenvalue weighted by atomic mass is 35.5. The number of aromatic nitrogens is 2. The molecule has 0 unspecified atom stereocenters. The van der Waals surface area contributed by atoms with Crippen molar-refractivity contribution in [1.29, 1.82) is 0 Å². The largest absolute Gasteiger partial charge is 0.489 e. The van der Waals surface area contributed by atoms with Crippen molar-refractivity contribution in [2.24, 2.45) is 0 Å². The third-order valence-corrected chi connectivity index (χ3v) is 6.54. The summed E-state index contributed by atoms with van der Waals surface area (Å²) in [6, 6.07) is 8.02. The monoisotopic (exact) mass is 496 g/mol. The van der Waals surface area contributed by atoms with Gasteiger partial charge in [0.15, 0.2) is 0 Å². The van der Waals surface area contributed by atoms with Crippen LogP contribution in [0.3, 0.4) is 0 Å². The molecule has 1 N–H and O–H groups in total. The number of rotatable bonds is 5. The number of carbonyl (C=O) groups excluding carboxylic acids is 1. The standard InChI is InChI=1S/C25H26ClFN6O2/c1-31-7-9-32(10-8-31)6-2-3-24(34)33-11-12-35-23-15-21-18(14-22(23)33)25(29-16-28-21)30-17-4-5-20(27)19(26)13-17/h2-5,13-16H,6-12H2,1H3,(H,28,29,30). The van der Waals surface area contributed by atoms with Crippen LogP contribution in [0.5, 0.6) is 5.75 Å². The number of benzene rings is 2. The lowest BCUT2D eigenvalue weighted by atomic mass is 10.1. The van der Waals surface area contributed by atoms with E-state index in [9.17, 15) is 9.18 Å². The molecule has 35 heavy (non-hydrogen) atoms. The number of anilines is 3. The van der Waals surface area contributed by atoms with Crippen LogP contribution in [0.1, 0.15) is 0 Å². The Balaban J connectivity index is 1.38. The van der Waals surface area contributed by atoms with Crippen molar-refractivity contribution in [3.05, 3.63) is 59.7 Å². The molecule has 3 aromatic rings. The van der Waals surface area contributed by atoms with Crippen LogP contribution in [0.15, 0.2) is 48.8 Å². The molecule has 0 spiro atoms. The van der Waals surface area contributed by atoms with Crippen LogP contribution in [0, 0.1) is 5.82 Å². The molecule has 1 saturated heterocycles. The fraction of sp³-hybridized carbons (Fsp3) is 0.320. The van der Waals surface area contributed by atoms with Gasteiger partial charge in [-0.15, -0.1) is 0 Å². The van der Waals surface area contributed by atoms with Gasteiger partial charge in [0.05, 0.1) is 22.8 Å². The molecule has 0 bridgehead atoms. The molecule has 2 aliphatic rings. The molecule has 8 nitrogen and oxygen atoms in total. The van der Waals surface area contributed by atoms with Gasteiger partial charge in [0, 0.05) is 55.9 Å². The first kappa shape index (κ1) is 23.5. The molecule has 0 radical (unpaired) electrons. The first-order valence-corrected chi connectivity index (χ1v) is 11.9. The van der Waals surface area contributed by atoms with Crippen molar-refractivity contribution in [3.8, 4) is 5.75 Å². The quantitative estimate of drug-likeness (QED) is 0.540. The van der Waals surface area contributed by atoms with Gasteiger partial charge in [-0.3, -0.25) is 9.69 Å². The number of nitrogens with zero attached hydrogens (tertiary/aromatic N) is 5. The Labute approximate surface area is 207 Å². The van der Waals surface area contributed by atoms with Gasteiger partial charge in [0.2, 0.25) is 0 Å². The number of ether oxygens (including phenoxy) is 1. The highest BCUT2D eigenvalue weighted by molar-refractivity contribution is 6.31. The summed E-state index contributed by atoms with van der Waals surface area (Å²) < 4.78 is 19.4. The average Bonchev–Trinajstić information content (AvgIpc) is 2.86. The van der Waals surface area contributed by atoms with E-state index < -0.39 is 5.82 Å². The van der Waals surface area contributed by atoms with Crippen LogP contribution in [0.25, 0.3) is 10.9 Å². The minimum atomic E-state index is -0.495. The van der Waals surface area contributed by atoms with Gasteiger partial charge in [-0.25, -0.2) is 14.4 Å². The zero-order valence-electron chi connectivity index (χ0n) is 19.4. The van der Waals surface area contributed by atoms with E-state index in [0.29, 0.717) is 47.0 Å². The third kappa shape index (κ3) is 5.22. The first-order chi connectivity index (χ1) is 17.0. The minimum Gasteiger partial charge on any atom is -0.489 e. The van der Waals surface area contributed by atoms with Gasteiger partial charge in [0.1, 0.15) is 30.3 Å². The van der Waals surface area contributed by atoms with Crippen molar-refractivity contribution < 1.29 is 13.9 Å². The lowest BCUT2D eigenvalue weighted by Gasteiger charge is -2.31. The summed E-state index contributed by atoms with van der Waals surface area (Å²) in [5.74, 6) is 0.522. The smallest absolute Gasteiger partial charge is 0.250 e. The summed E-state index contributed by atoms with van der Waals surface area (Å²) in [4.78, 5) is 28.2. The molecule has 0 atom stereocenters. The minimum absolute atomic E-state index is 0.0132. The number of amides is 1. The van der Waals surface area contributed by atoms with Gasteiger partial charge in [-0.1, -0.05) is 17.7 Å². The van der Waals surface area contributed by atoms with Gasteiger partial charge in [-0.2, -0.15) is 0 Å². The van der Waals surface area contributed by atoms with Crippen LogP contribution in [0.4, 0.5) is 21.6 Å². The third-order valence-electron chi connectivity index (χ3n) is 6.25. The maximum Gasteiger partial charge on any atom is 0.250 e. The van der Waals surface area contributed by atoms with Crippen molar-refractivity contribution in [3.63, 3.8) is 0 Å². The van der Waals surface area contributed by atoms with Crippen LogP contribution in [-0.4, -0.2) is 78.6 Å². The second-order valence-corrected chi connectivity index (χ2v) is 9.07. The molecular formula is C25H26ClFN6O2. The zero-order chi connectivity index (χ0) is 24.4. The Morgan fingerprint density at radius 1 is 1.17 bits per heavy atom. The number of halogens is 2. The second-order valence-electron chi connectivity index (χ2n) is 8.66. The maximum absolute atomic E-state index is 13.6. The van der Waals surface area contributed by atoms with Gasteiger partial charge in [-0.05, 0) is 31.3 Å². The lowest BCUT2D eigenvalue weighted by molar-refractivity contribution is -0.114. The Bertz CT molecular complexity index is 1280. The van der Waals surface area contributed by atoms with Gasteiger partial charge < -0.3 is 19.9 Å². The maximum atomic E-state index is 13.6. The lowest BCUT2D eigenvalue weighted by Crippen LogP contribution is -2.44. The fourth-order valence-electron chi connectivity index (χ4n) is 4.23. The highest BCUT2D eigenvalue weighted by Gasteiger charge is 2.24. The van der Waals surface area contributed by atoms with E-state index >= 15 is 0 Å². The van der Waals surface area contributed by atoms with Crippen LogP contribution in [0.2, 0.25) is 5.02 Å². The van der Waals surface area contributed by atoms with Crippen LogP contribution in [-0.2, 0) is 4.79 Å². The molecule has 1 amide bonds. The van der Waals surface area contributed by atoms with E-state index in [1.807, 2.05) is 18.2 Å². The average molecular weight is 497 g/mol. The highest BCUT2D eigenvalue weighted by Crippen LogP contribution is 2.37. The molecular weight excluding hydrogens is 471 g/mol. The first-order valence-electron chi connectivity index (χ1n) is 11.5. The number of piperazine rings is 1. The Morgan fingerprint density at radius 2 is 2.00 bits per heavy atom. The predicted octanol–water partition coefficient (Wildman–Crippen LogP) is 3.69. The summed E-state index contributed by atoms with van der Waals surface area (Å²) in [5, 5.41) is 3.89. The van der Waals surface area contributed by atoms with Crippen molar-refractivity contribution in [2.75, 3.05) is 63.1 Å². The molecule has 2 aromatic carbocycles. The zero-order valence-corrected chi connectivity index (χ0v) is 20.1. The van der Waals surface area contributed by atoms with E-state index in [2.05, 4.69) is 32.1 Å². The van der Waals surface area contributed by atoms with Crippen LogP contribution >= 0.6 is 11.6 Å². The summed E-state index contributed by atoms with van der Waals surface area (Å²) in [6.07, 6.45) is 5.01. The molecule has 0 saturated carbocycles. The number of nitrogens with one attached hydrogen (secondary N) is 1. The predicted molar refractivity (Wildman–Crippen MR) is 135 cm³/mol. The van der Waals surface area contributed by atoms with E-state index in [4.69, 9.17) is 16.3 Å². The summed E-state index contributed by atoms with van der Waals surface area (Å²) in [6.45, 7) is 5.66. The molecule has 1 fully saturated rings. The Hall–Kier alpha value is -3.27. The van der Waals surface area contributed by atoms with E-state index in [1.54, 1.807) is 17.0 Å². The Kier molecular flexibility index (Phi) is 6.81. The van der Waals surface area contributed by atoms with Gasteiger partial charge in [0.25, 0.3) is 5.91 Å². The molecule has 182 valence electrons. The number of hydrogen-bond acceptors (Lipinski definition) is 7. The SMILES string of the molecule is CN1CCN(CC=CC(=O)N2CCOc3cc4ncnc(Nc5ccc(F)c(Cl)c5)c4cc32)CC1. The summed E-state index contributed by atoms with van der Waals surface area (Å²) in [5.41, 5.74) is 1.91. The number of hydrogen-bond donors (Lipinski definition) is 1. The van der Waals surface area contributed by atoms with Crippen molar-refractivity contribution >= 4 is 45.6 Å². The normalized spacial score (nSPS) is 16.9. The molecule has 2 aliphatic heterocycles. The summed E-state index contributed by atoms with van der Waals surface area (Å²) >= 11 is 5.92. The second kappa shape index (κ2) is 10.2. The van der Waals surface area contributed by atoms with E-state index in [1.165, 1.54) is 18.5 Å². The molecule has 0 aliphatic carbocycles. The number of fused-ring (bicyclic) bond motifs is 2. The topological polar surface area (TPSA) is 73.8 Å². The Morgan fingerprint density at radius 3 is 2.80 bits per heavy atom. The molecule has 5 rings (SSSR count). The van der Waals surface area contributed by atoms with E-state index in [0.717, 1.165) is 32.7 Å². The fourth-order valence-corrected chi connectivity index (χ4v) is 4.41. The summed E-state index contributed by atoms with van der Waals surface area (Å²) in [7, 11) is 2.12.